The van der Waals surface area contributed by atoms with E-state index in [0.29, 0.717) is 13.0 Å². The van der Waals surface area contributed by atoms with Gasteiger partial charge in [0.25, 0.3) is 0 Å². The smallest absolute Gasteiger partial charge is 0.246 e. The Morgan fingerprint density at radius 1 is 1.20 bits per heavy atom. The third-order valence-electron chi connectivity index (χ3n) is 4.63. The number of benzene rings is 2. The van der Waals surface area contributed by atoms with E-state index in [1.165, 1.54) is 0 Å². The summed E-state index contributed by atoms with van der Waals surface area (Å²) in [5.74, 6) is 0.149. The number of amides is 1. The molecule has 2 aromatic rings. The zero-order valence-corrected chi connectivity index (χ0v) is 15.2. The van der Waals surface area contributed by atoms with Gasteiger partial charge < -0.3 is 4.90 Å². The quantitative estimate of drug-likeness (QED) is 0.772. The predicted molar refractivity (Wildman–Crippen MR) is 102 cm³/mol. The summed E-state index contributed by atoms with van der Waals surface area (Å²) in [6.07, 6.45) is 4.75. The molecule has 0 aromatic heterocycles. The van der Waals surface area contributed by atoms with E-state index >= 15 is 0 Å². The number of sulfone groups is 1. The monoisotopic (exact) mass is 357 g/mol. The second-order valence-electron chi connectivity index (χ2n) is 6.49. The molecule has 4 nitrogen and oxygen atoms in total. The third-order valence-corrected chi connectivity index (χ3v) is 6.38. The molecule has 1 aliphatic heterocycles. The Balaban J connectivity index is 1.82. The molecule has 132 valence electrons. The molecule has 0 N–H and O–H groups in total. The summed E-state index contributed by atoms with van der Waals surface area (Å²) in [6.45, 7) is 2.58. The van der Waals surface area contributed by atoms with Gasteiger partial charge in [-0.3, -0.25) is 4.79 Å². The zero-order valence-electron chi connectivity index (χ0n) is 14.4. The lowest BCUT2D eigenvalue weighted by molar-refractivity contribution is -0.127. The highest BCUT2D eigenvalue weighted by Gasteiger charge is 2.33. The first-order chi connectivity index (χ1) is 12.0. The Morgan fingerprint density at radius 3 is 2.68 bits per heavy atom. The van der Waals surface area contributed by atoms with E-state index in [1.807, 2.05) is 55.5 Å². The molecule has 0 spiro atoms. The lowest BCUT2D eigenvalue weighted by Gasteiger charge is -2.26. The molecule has 1 aliphatic rings. The molecule has 0 bridgehead atoms. The van der Waals surface area contributed by atoms with Gasteiger partial charge in [0.2, 0.25) is 5.91 Å². The fraction of sp³-hybridized carbons (Fsp3) is 0.350. The molecular weight excluding hydrogens is 334 g/mol. The van der Waals surface area contributed by atoms with Gasteiger partial charge in [-0.15, -0.1) is 0 Å². The van der Waals surface area contributed by atoms with Crippen molar-refractivity contribution in [1.29, 1.82) is 0 Å². The molecule has 1 saturated heterocycles. The van der Waals surface area contributed by atoms with Crippen molar-refractivity contribution >= 4 is 32.6 Å². The van der Waals surface area contributed by atoms with Crippen LogP contribution >= 0.6 is 0 Å². The van der Waals surface area contributed by atoms with Crippen molar-refractivity contribution < 1.29 is 13.2 Å². The number of carbonyl (C=O) groups is 1. The standard InChI is InChI=1S/C20H23NO3S/c1-2-13-21(18-12-14-25(23,24)15-18)20(22)11-10-17-8-5-7-16-6-3-4-9-19(16)17/h3-11,18H,2,12-15H2,1H3/b11-10+. The molecule has 0 radical (unpaired) electrons. The van der Waals surface area contributed by atoms with Crippen molar-refractivity contribution in [1.82, 2.24) is 4.90 Å². The fourth-order valence-corrected chi connectivity index (χ4v) is 5.12. The molecule has 2 aromatic carbocycles. The first-order valence-corrected chi connectivity index (χ1v) is 10.5. The van der Waals surface area contributed by atoms with Crippen LogP contribution in [0.5, 0.6) is 0 Å². The van der Waals surface area contributed by atoms with Gasteiger partial charge in [0, 0.05) is 18.7 Å². The van der Waals surface area contributed by atoms with Crippen LogP contribution in [0, 0.1) is 0 Å². The van der Waals surface area contributed by atoms with E-state index in [9.17, 15) is 13.2 Å². The van der Waals surface area contributed by atoms with Gasteiger partial charge in [-0.25, -0.2) is 8.42 Å². The molecule has 1 atom stereocenters. The average molecular weight is 357 g/mol. The minimum Gasteiger partial charge on any atom is -0.335 e. The molecule has 1 amide bonds. The number of hydrogen-bond donors (Lipinski definition) is 0. The van der Waals surface area contributed by atoms with E-state index in [4.69, 9.17) is 0 Å². The van der Waals surface area contributed by atoms with Crippen LogP contribution in [0.1, 0.15) is 25.3 Å². The summed E-state index contributed by atoms with van der Waals surface area (Å²) < 4.78 is 23.5. The Kier molecular flexibility index (Phi) is 5.23. The molecule has 1 heterocycles. The van der Waals surface area contributed by atoms with Gasteiger partial charge in [0.05, 0.1) is 11.5 Å². The van der Waals surface area contributed by atoms with E-state index in [2.05, 4.69) is 0 Å². The highest BCUT2D eigenvalue weighted by atomic mass is 32.2. The first-order valence-electron chi connectivity index (χ1n) is 8.67. The van der Waals surface area contributed by atoms with Gasteiger partial charge in [-0.05, 0) is 35.3 Å². The molecule has 1 unspecified atom stereocenters. The normalized spacial score (nSPS) is 19.5. The van der Waals surface area contributed by atoms with Gasteiger partial charge >= 0.3 is 0 Å². The van der Waals surface area contributed by atoms with Gasteiger partial charge in [0.15, 0.2) is 9.84 Å². The second kappa shape index (κ2) is 7.40. The summed E-state index contributed by atoms with van der Waals surface area (Å²) in [7, 11) is -3.01. The SMILES string of the molecule is CCCN(C(=O)/C=C/c1cccc2ccccc12)C1CCS(=O)(=O)C1. The van der Waals surface area contributed by atoms with Crippen LogP contribution in [0.4, 0.5) is 0 Å². The summed E-state index contributed by atoms with van der Waals surface area (Å²) in [6, 6.07) is 13.8. The lowest BCUT2D eigenvalue weighted by Crippen LogP contribution is -2.40. The van der Waals surface area contributed by atoms with Crippen LogP contribution < -0.4 is 0 Å². The molecule has 3 rings (SSSR count). The lowest BCUT2D eigenvalue weighted by atomic mass is 10.0. The van der Waals surface area contributed by atoms with Crippen molar-refractivity contribution in [3.63, 3.8) is 0 Å². The summed E-state index contributed by atoms with van der Waals surface area (Å²) >= 11 is 0. The Bertz CT molecular complexity index is 897. The average Bonchev–Trinajstić information content (AvgIpc) is 2.97. The molecule has 0 aliphatic carbocycles. The summed E-state index contributed by atoms with van der Waals surface area (Å²) in [5.41, 5.74) is 0.988. The van der Waals surface area contributed by atoms with Crippen molar-refractivity contribution in [3.05, 3.63) is 54.1 Å². The van der Waals surface area contributed by atoms with E-state index in [1.54, 1.807) is 11.0 Å². The van der Waals surface area contributed by atoms with Gasteiger partial charge in [-0.2, -0.15) is 0 Å². The fourth-order valence-electron chi connectivity index (χ4n) is 3.39. The molecule has 25 heavy (non-hydrogen) atoms. The molecule has 0 saturated carbocycles. The Morgan fingerprint density at radius 2 is 1.96 bits per heavy atom. The van der Waals surface area contributed by atoms with Crippen molar-refractivity contribution in [2.75, 3.05) is 18.1 Å². The first kappa shape index (κ1) is 17.7. The van der Waals surface area contributed by atoms with E-state index in [-0.39, 0.29) is 23.5 Å². The minimum atomic E-state index is -3.01. The van der Waals surface area contributed by atoms with E-state index < -0.39 is 9.84 Å². The Hall–Kier alpha value is -2.14. The van der Waals surface area contributed by atoms with Gasteiger partial charge in [-0.1, -0.05) is 49.4 Å². The largest absolute Gasteiger partial charge is 0.335 e. The van der Waals surface area contributed by atoms with Crippen LogP contribution in [-0.2, 0) is 14.6 Å². The van der Waals surface area contributed by atoms with E-state index in [0.717, 1.165) is 22.8 Å². The van der Waals surface area contributed by atoms with Crippen LogP contribution in [0.15, 0.2) is 48.5 Å². The topological polar surface area (TPSA) is 54.5 Å². The highest BCUT2D eigenvalue weighted by Crippen LogP contribution is 2.21. The second-order valence-corrected chi connectivity index (χ2v) is 8.72. The van der Waals surface area contributed by atoms with Crippen molar-refractivity contribution in [2.24, 2.45) is 0 Å². The number of carbonyl (C=O) groups excluding carboxylic acids is 1. The zero-order chi connectivity index (χ0) is 17.9. The maximum Gasteiger partial charge on any atom is 0.246 e. The van der Waals surface area contributed by atoms with Crippen molar-refractivity contribution in [3.8, 4) is 0 Å². The van der Waals surface area contributed by atoms with Gasteiger partial charge in [0.1, 0.15) is 0 Å². The Labute approximate surface area is 149 Å². The number of fused-ring (bicyclic) bond motifs is 1. The molecule has 5 heteroatoms. The van der Waals surface area contributed by atoms with Crippen LogP contribution in [0.2, 0.25) is 0 Å². The number of hydrogen-bond acceptors (Lipinski definition) is 3. The molecule has 1 fully saturated rings. The maximum atomic E-state index is 12.7. The number of rotatable bonds is 5. The number of nitrogens with zero attached hydrogens (tertiary/aromatic N) is 1. The summed E-state index contributed by atoms with van der Waals surface area (Å²) in [4.78, 5) is 14.4. The third kappa shape index (κ3) is 4.10. The van der Waals surface area contributed by atoms with Crippen LogP contribution in [0.3, 0.4) is 0 Å². The highest BCUT2D eigenvalue weighted by molar-refractivity contribution is 7.91. The van der Waals surface area contributed by atoms with Crippen molar-refractivity contribution in [2.45, 2.75) is 25.8 Å². The molecular formula is C20H23NO3S. The predicted octanol–water partition coefficient (Wildman–Crippen LogP) is 3.28. The van der Waals surface area contributed by atoms with Crippen LogP contribution in [-0.4, -0.2) is 43.3 Å². The minimum absolute atomic E-state index is 0.0842. The van der Waals surface area contributed by atoms with Crippen LogP contribution in [0.25, 0.3) is 16.8 Å². The summed E-state index contributed by atoms with van der Waals surface area (Å²) in [5, 5.41) is 2.23. The maximum absolute atomic E-state index is 12.7.